The lowest BCUT2D eigenvalue weighted by Crippen LogP contribution is -2.62. The number of hydrogen-bond donors (Lipinski definition) is 2. The monoisotopic (exact) mass is 404 g/mol. The third kappa shape index (κ3) is 4.22. The van der Waals surface area contributed by atoms with E-state index in [4.69, 9.17) is 4.74 Å². The van der Waals surface area contributed by atoms with Crippen LogP contribution in [0.25, 0.3) is 0 Å². The molecule has 5 aliphatic rings. The molecule has 1 aromatic carbocycles. The van der Waals surface area contributed by atoms with E-state index in [0.29, 0.717) is 0 Å². The summed E-state index contributed by atoms with van der Waals surface area (Å²) in [5.41, 5.74) is 0.0284. The average Bonchev–Trinajstić information content (AvgIpc) is 2.61. The Morgan fingerprint density at radius 1 is 0.897 bits per heavy atom. The van der Waals surface area contributed by atoms with Crippen LogP contribution in [0.3, 0.4) is 0 Å². The van der Waals surface area contributed by atoms with Crippen LogP contribution in [-0.2, 0) is 0 Å². The first-order valence-corrected chi connectivity index (χ1v) is 11.2. The lowest BCUT2D eigenvalue weighted by molar-refractivity contribution is -0.0138. The Kier molecular flexibility index (Phi) is 4.91. The van der Waals surface area contributed by atoms with Gasteiger partial charge in [-0.1, -0.05) is 0 Å². The smallest absolute Gasteiger partial charge is 0.315 e. The molecule has 4 bridgehead atoms. The molecule has 0 aliphatic heterocycles. The maximum Gasteiger partial charge on any atom is 0.315 e. The van der Waals surface area contributed by atoms with Gasteiger partial charge >= 0.3 is 6.03 Å². The van der Waals surface area contributed by atoms with Crippen molar-refractivity contribution in [3.8, 4) is 5.75 Å². The van der Waals surface area contributed by atoms with Crippen LogP contribution in [0.4, 0.5) is 13.6 Å². The molecule has 0 aromatic heterocycles. The third-order valence-corrected chi connectivity index (χ3v) is 7.57. The number of urea groups is 1. The van der Waals surface area contributed by atoms with E-state index in [2.05, 4.69) is 10.6 Å². The van der Waals surface area contributed by atoms with Crippen LogP contribution in [0.5, 0.6) is 5.75 Å². The summed E-state index contributed by atoms with van der Waals surface area (Å²) >= 11 is 0. The third-order valence-electron chi connectivity index (χ3n) is 7.57. The van der Waals surface area contributed by atoms with Crippen molar-refractivity contribution >= 4 is 6.03 Å². The fraction of sp³-hybridized carbons (Fsp3) is 0.696. The van der Waals surface area contributed by atoms with Crippen LogP contribution >= 0.6 is 0 Å². The fourth-order valence-electron chi connectivity index (χ4n) is 6.84. The first-order valence-electron chi connectivity index (χ1n) is 11.2. The highest BCUT2D eigenvalue weighted by molar-refractivity contribution is 5.75. The number of nitrogens with one attached hydrogen (secondary N) is 2. The van der Waals surface area contributed by atoms with Crippen LogP contribution in [0.1, 0.15) is 64.2 Å². The second kappa shape index (κ2) is 7.44. The molecule has 0 radical (unpaired) electrons. The number of rotatable bonds is 4. The zero-order valence-electron chi connectivity index (χ0n) is 16.8. The Labute approximate surface area is 170 Å². The van der Waals surface area contributed by atoms with Gasteiger partial charge in [-0.3, -0.25) is 0 Å². The van der Waals surface area contributed by atoms with Gasteiger partial charge in [0, 0.05) is 29.8 Å². The molecule has 4 nitrogen and oxygen atoms in total. The Bertz CT molecular complexity index is 721. The molecule has 0 atom stereocenters. The van der Waals surface area contributed by atoms with Gasteiger partial charge in [0.2, 0.25) is 0 Å². The van der Waals surface area contributed by atoms with E-state index >= 15 is 0 Å². The van der Waals surface area contributed by atoms with Crippen molar-refractivity contribution in [1.29, 1.82) is 0 Å². The van der Waals surface area contributed by atoms with Crippen molar-refractivity contribution in [2.24, 2.45) is 17.8 Å². The molecule has 0 spiro atoms. The van der Waals surface area contributed by atoms with E-state index in [1.54, 1.807) is 0 Å². The van der Waals surface area contributed by atoms with Gasteiger partial charge < -0.3 is 15.4 Å². The van der Waals surface area contributed by atoms with Crippen molar-refractivity contribution in [3.63, 3.8) is 0 Å². The lowest BCUT2D eigenvalue weighted by atomic mass is 9.53. The highest BCUT2D eigenvalue weighted by atomic mass is 19.1. The minimum Gasteiger partial charge on any atom is -0.490 e. The molecular weight excluding hydrogens is 374 g/mol. The van der Waals surface area contributed by atoms with Crippen LogP contribution in [0.2, 0.25) is 0 Å². The van der Waals surface area contributed by atoms with E-state index in [1.165, 1.54) is 31.4 Å². The number of halogens is 2. The zero-order valence-corrected chi connectivity index (χ0v) is 16.8. The molecule has 0 heterocycles. The van der Waals surface area contributed by atoms with Gasteiger partial charge in [0.1, 0.15) is 17.4 Å². The maximum atomic E-state index is 13.3. The number of carbonyl (C=O) groups excluding carboxylic acids is 1. The Balaban J connectivity index is 1.10. The topological polar surface area (TPSA) is 50.4 Å². The molecular formula is C23H30F2N2O2. The van der Waals surface area contributed by atoms with Crippen LogP contribution in [0.15, 0.2) is 18.2 Å². The van der Waals surface area contributed by atoms with Gasteiger partial charge in [0.05, 0.1) is 6.10 Å². The first-order chi connectivity index (χ1) is 13.9. The molecule has 158 valence electrons. The largest absolute Gasteiger partial charge is 0.490 e. The minimum atomic E-state index is -0.628. The Morgan fingerprint density at radius 2 is 1.45 bits per heavy atom. The summed E-state index contributed by atoms with van der Waals surface area (Å²) in [5, 5.41) is 6.54. The quantitative estimate of drug-likeness (QED) is 0.748. The minimum absolute atomic E-state index is 0.0245. The summed E-state index contributed by atoms with van der Waals surface area (Å²) in [5.74, 6) is 1.40. The van der Waals surface area contributed by atoms with Gasteiger partial charge in [-0.2, -0.15) is 0 Å². The van der Waals surface area contributed by atoms with E-state index in [0.717, 1.165) is 68.8 Å². The average molecular weight is 405 g/mol. The van der Waals surface area contributed by atoms with Crippen molar-refractivity contribution in [2.45, 2.75) is 81.9 Å². The standard InChI is InChI=1S/C23H30F2N2O2/c24-17-8-18(25)10-21(9-17)29-20-3-1-19(2-4-20)26-22(28)27-23-11-14-5-15(12-23)7-16(6-14)13-23/h8-10,14-16,19-20H,1-7,11-13H2,(H2,26,27,28)/t14?,15?,16?,19-,20-,23?. The summed E-state index contributed by atoms with van der Waals surface area (Å²) in [6.45, 7) is 0. The molecule has 0 unspecified atom stereocenters. The van der Waals surface area contributed by atoms with Gasteiger partial charge in [0.15, 0.2) is 0 Å². The predicted molar refractivity (Wildman–Crippen MR) is 106 cm³/mol. The highest BCUT2D eigenvalue weighted by Crippen LogP contribution is 2.55. The molecule has 2 amide bonds. The van der Waals surface area contributed by atoms with E-state index in [9.17, 15) is 13.6 Å². The molecule has 6 heteroatoms. The summed E-state index contributed by atoms with van der Waals surface area (Å²) < 4.78 is 32.4. The number of amides is 2. The van der Waals surface area contributed by atoms with Crippen molar-refractivity contribution in [2.75, 3.05) is 0 Å². The van der Waals surface area contributed by atoms with Gasteiger partial charge in [-0.15, -0.1) is 0 Å². The summed E-state index contributed by atoms with van der Waals surface area (Å²) in [6.07, 6.45) is 10.6. The normalized spacial score (nSPS) is 37.9. The molecule has 5 saturated carbocycles. The van der Waals surface area contributed by atoms with Crippen molar-refractivity contribution in [1.82, 2.24) is 10.6 Å². The molecule has 2 N–H and O–H groups in total. The van der Waals surface area contributed by atoms with Gasteiger partial charge in [-0.05, 0) is 82.0 Å². The molecule has 6 rings (SSSR count). The fourth-order valence-corrected chi connectivity index (χ4v) is 6.84. The number of benzene rings is 1. The Hall–Kier alpha value is -1.85. The molecule has 1 aromatic rings. The number of ether oxygens (including phenoxy) is 1. The second-order valence-electron chi connectivity index (χ2n) is 9.99. The SMILES string of the molecule is O=C(NC12CC3CC(CC(C3)C1)C2)N[C@H]1CC[C@H](Oc2cc(F)cc(F)c2)CC1. The van der Waals surface area contributed by atoms with E-state index < -0.39 is 11.6 Å². The maximum absolute atomic E-state index is 13.3. The van der Waals surface area contributed by atoms with E-state index in [1.807, 2.05) is 0 Å². The summed E-state index contributed by atoms with van der Waals surface area (Å²) in [4.78, 5) is 12.7. The lowest BCUT2D eigenvalue weighted by Gasteiger charge is -2.56. The van der Waals surface area contributed by atoms with E-state index in [-0.39, 0.29) is 29.5 Å². The van der Waals surface area contributed by atoms with Crippen molar-refractivity contribution in [3.05, 3.63) is 29.8 Å². The molecule has 0 saturated heterocycles. The number of carbonyl (C=O) groups is 1. The van der Waals surface area contributed by atoms with Crippen LogP contribution < -0.4 is 15.4 Å². The van der Waals surface area contributed by atoms with Crippen LogP contribution in [0, 0.1) is 29.4 Å². The van der Waals surface area contributed by atoms with Gasteiger partial charge in [0.25, 0.3) is 0 Å². The van der Waals surface area contributed by atoms with Crippen molar-refractivity contribution < 1.29 is 18.3 Å². The molecule has 5 fully saturated rings. The predicted octanol–water partition coefficient (Wildman–Crippen LogP) is 4.92. The summed E-state index contributed by atoms with van der Waals surface area (Å²) in [7, 11) is 0. The highest BCUT2D eigenvalue weighted by Gasteiger charge is 2.51. The van der Waals surface area contributed by atoms with Gasteiger partial charge in [-0.25, -0.2) is 13.6 Å². The zero-order chi connectivity index (χ0) is 20.0. The second-order valence-corrected chi connectivity index (χ2v) is 9.99. The molecule has 29 heavy (non-hydrogen) atoms. The Morgan fingerprint density at radius 3 is 2.00 bits per heavy atom. The summed E-state index contributed by atoms with van der Waals surface area (Å²) in [6, 6.07) is 3.38. The van der Waals surface area contributed by atoms with Crippen LogP contribution in [-0.4, -0.2) is 23.7 Å². The first kappa shape index (κ1) is 19.1. The number of hydrogen-bond acceptors (Lipinski definition) is 2. The molecule has 5 aliphatic carbocycles.